The van der Waals surface area contributed by atoms with Crippen LogP contribution in [-0.2, 0) is 9.59 Å². The molecule has 1 aromatic rings. The van der Waals surface area contributed by atoms with E-state index in [0.717, 1.165) is 5.56 Å². The molecule has 1 amide bonds. The first-order valence-electron chi connectivity index (χ1n) is 8.19. The number of aliphatic carboxylic acids is 1. The van der Waals surface area contributed by atoms with Crippen LogP contribution in [-0.4, -0.2) is 35.2 Å². The average molecular weight is 333 g/mol. The third kappa shape index (κ3) is 3.05. The first kappa shape index (κ1) is 16.6. The highest BCUT2D eigenvalue weighted by Crippen LogP contribution is 2.46. The molecule has 2 heterocycles. The molecule has 1 fully saturated rings. The Bertz CT molecular complexity index is 664. The Labute approximate surface area is 141 Å². The molecule has 6 heteroatoms. The number of carboxylic acid groups (broad SMARTS) is 1. The fraction of sp³-hybridized carbons (Fsp3) is 0.556. The van der Waals surface area contributed by atoms with E-state index in [1.165, 1.54) is 0 Å². The monoisotopic (exact) mass is 333 g/mol. The molecule has 1 N–H and O–H groups in total. The lowest BCUT2D eigenvalue weighted by atomic mass is 9.82. The van der Waals surface area contributed by atoms with Crippen LogP contribution < -0.4 is 9.47 Å². The Morgan fingerprint density at radius 1 is 1.33 bits per heavy atom. The lowest BCUT2D eigenvalue weighted by Gasteiger charge is -2.42. The number of ether oxygens (including phenoxy) is 2. The lowest BCUT2D eigenvalue weighted by molar-refractivity contribution is -0.153. The van der Waals surface area contributed by atoms with Gasteiger partial charge in [-0.1, -0.05) is 32.9 Å². The molecular weight excluding hydrogens is 310 g/mol. The predicted octanol–water partition coefficient (Wildman–Crippen LogP) is 2.83. The van der Waals surface area contributed by atoms with Crippen LogP contribution in [0.1, 0.15) is 45.2 Å². The number of likely N-dealkylation sites (tertiary alicyclic amines) is 1. The Morgan fingerprint density at radius 2 is 2.08 bits per heavy atom. The molecule has 24 heavy (non-hydrogen) atoms. The largest absolute Gasteiger partial charge is 0.481 e. The van der Waals surface area contributed by atoms with Gasteiger partial charge >= 0.3 is 5.97 Å². The highest BCUT2D eigenvalue weighted by molar-refractivity contribution is 5.82. The van der Waals surface area contributed by atoms with E-state index >= 15 is 0 Å². The van der Waals surface area contributed by atoms with Crippen molar-refractivity contribution >= 4 is 11.9 Å². The summed E-state index contributed by atoms with van der Waals surface area (Å²) in [5, 5.41) is 9.71. The fourth-order valence-electron chi connectivity index (χ4n) is 3.48. The van der Waals surface area contributed by atoms with Gasteiger partial charge in [0, 0.05) is 18.5 Å². The van der Waals surface area contributed by atoms with Crippen molar-refractivity contribution in [2.24, 2.45) is 11.3 Å². The third-order valence-electron chi connectivity index (χ3n) is 4.41. The maximum Gasteiger partial charge on any atom is 0.308 e. The fourth-order valence-corrected chi connectivity index (χ4v) is 3.48. The first-order valence-corrected chi connectivity index (χ1v) is 8.19. The number of carbonyl (C=O) groups excluding carboxylic acids is 1. The minimum atomic E-state index is -0.886. The molecule has 1 saturated heterocycles. The second kappa shape index (κ2) is 6.00. The Hall–Kier alpha value is -2.24. The van der Waals surface area contributed by atoms with Crippen molar-refractivity contribution in [3.63, 3.8) is 0 Å². The summed E-state index contributed by atoms with van der Waals surface area (Å²) in [5.41, 5.74) is 0.582. The van der Waals surface area contributed by atoms with E-state index in [1.54, 1.807) is 11.0 Å². The molecule has 2 aliphatic heterocycles. The number of piperidine rings is 1. The van der Waals surface area contributed by atoms with E-state index in [1.807, 2.05) is 32.9 Å². The first-order chi connectivity index (χ1) is 11.3. The van der Waals surface area contributed by atoms with Gasteiger partial charge in [0.05, 0.1) is 12.0 Å². The molecule has 0 aromatic heterocycles. The van der Waals surface area contributed by atoms with Gasteiger partial charge in [0.1, 0.15) is 0 Å². The van der Waals surface area contributed by atoms with E-state index in [0.29, 0.717) is 24.5 Å². The van der Waals surface area contributed by atoms with Gasteiger partial charge in [-0.2, -0.15) is 0 Å². The molecule has 0 spiro atoms. The quantitative estimate of drug-likeness (QED) is 0.920. The Balaban J connectivity index is 2.08. The molecule has 0 unspecified atom stereocenters. The van der Waals surface area contributed by atoms with Gasteiger partial charge in [-0.3, -0.25) is 9.59 Å². The maximum atomic E-state index is 12.6. The zero-order chi connectivity index (χ0) is 17.5. The van der Waals surface area contributed by atoms with Crippen molar-refractivity contribution in [1.29, 1.82) is 0 Å². The van der Waals surface area contributed by atoms with E-state index < -0.39 is 17.9 Å². The van der Waals surface area contributed by atoms with Crippen molar-refractivity contribution < 1.29 is 24.2 Å². The summed E-state index contributed by atoms with van der Waals surface area (Å²) in [4.78, 5) is 26.1. The van der Waals surface area contributed by atoms with Crippen LogP contribution in [0.2, 0.25) is 0 Å². The molecule has 0 radical (unpaired) electrons. The van der Waals surface area contributed by atoms with Crippen molar-refractivity contribution in [3.05, 3.63) is 23.8 Å². The summed E-state index contributed by atoms with van der Waals surface area (Å²) in [5.74, 6) is -0.389. The number of rotatable bonds is 3. The van der Waals surface area contributed by atoms with Crippen LogP contribution in [0, 0.1) is 11.3 Å². The van der Waals surface area contributed by atoms with Crippen molar-refractivity contribution in [1.82, 2.24) is 4.90 Å². The molecule has 0 saturated carbocycles. The molecule has 3 rings (SSSR count). The standard InChI is InChI=1S/C18H23NO5/c1-18(2,3)9-19-14(20)8-7-12(17(21)22)15(19)11-5-4-6-13-16(11)24-10-23-13/h4-6,12,15H,7-10H2,1-3H3,(H,21,22)/t12-,15-/m1/s1. The highest BCUT2D eigenvalue weighted by Gasteiger charge is 2.43. The zero-order valence-corrected chi connectivity index (χ0v) is 14.2. The van der Waals surface area contributed by atoms with Gasteiger partial charge in [-0.25, -0.2) is 0 Å². The van der Waals surface area contributed by atoms with Gasteiger partial charge in [0.25, 0.3) is 0 Å². The Morgan fingerprint density at radius 3 is 2.75 bits per heavy atom. The van der Waals surface area contributed by atoms with Crippen molar-refractivity contribution in [3.8, 4) is 11.5 Å². The van der Waals surface area contributed by atoms with Crippen LogP contribution in [0.5, 0.6) is 11.5 Å². The zero-order valence-electron chi connectivity index (χ0n) is 14.2. The SMILES string of the molecule is CC(C)(C)CN1C(=O)CC[C@@H](C(=O)O)[C@H]1c1cccc2c1OCO2. The van der Waals surface area contributed by atoms with Crippen LogP contribution in [0.4, 0.5) is 0 Å². The van der Waals surface area contributed by atoms with E-state index in [-0.39, 0.29) is 24.5 Å². The highest BCUT2D eigenvalue weighted by atomic mass is 16.7. The number of carbonyl (C=O) groups is 2. The lowest BCUT2D eigenvalue weighted by Crippen LogP contribution is -2.48. The molecular formula is C18H23NO5. The summed E-state index contributed by atoms with van der Waals surface area (Å²) in [7, 11) is 0. The number of benzene rings is 1. The van der Waals surface area contributed by atoms with Gasteiger partial charge in [-0.05, 0) is 17.9 Å². The molecule has 6 nitrogen and oxygen atoms in total. The van der Waals surface area contributed by atoms with Gasteiger partial charge in [0.2, 0.25) is 12.7 Å². The van der Waals surface area contributed by atoms with E-state index in [9.17, 15) is 14.7 Å². The van der Waals surface area contributed by atoms with Crippen molar-refractivity contribution in [2.75, 3.05) is 13.3 Å². The minimum absolute atomic E-state index is 0.0102. The maximum absolute atomic E-state index is 12.6. The molecule has 0 aliphatic carbocycles. The van der Waals surface area contributed by atoms with Gasteiger partial charge < -0.3 is 19.5 Å². The number of carboxylic acids is 1. The van der Waals surface area contributed by atoms with E-state index in [4.69, 9.17) is 9.47 Å². The second-order valence-corrected chi connectivity index (χ2v) is 7.59. The topological polar surface area (TPSA) is 76.1 Å². The number of fused-ring (bicyclic) bond motifs is 1. The molecule has 1 aromatic carbocycles. The minimum Gasteiger partial charge on any atom is -0.481 e. The summed E-state index contributed by atoms with van der Waals surface area (Å²) < 4.78 is 11.0. The number of hydrogen-bond acceptors (Lipinski definition) is 4. The number of para-hydroxylation sites is 1. The summed E-state index contributed by atoms with van der Waals surface area (Å²) >= 11 is 0. The van der Waals surface area contributed by atoms with Crippen molar-refractivity contribution in [2.45, 2.75) is 39.7 Å². The number of amides is 1. The number of nitrogens with zero attached hydrogens (tertiary/aromatic N) is 1. The molecule has 2 atom stereocenters. The second-order valence-electron chi connectivity index (χ2n) is 7.59. The van der Waals surface area contributed by atoms with Gasteiger partial charge in [0.15, 0.2) is 11.5 Å². The predicted molar refractivity (Wildman–Crippen MR) is 86.8 cm³/mol. The number of hydrogen-bond donors (Lipinski definition) is 1. The normalized spacial score (nSPS) is 23.5. The van der Waals surface area contributed by atoms with Crippen LogP contribution in [0.15, 0.2) is 18.2 Å². The van der Waals surface area contributed by atoms with Crippen LogP contribution in [0.25, 0.3) is 0 Å². The van der Waals surface area contributed by atoms with Gasteiger partial charge in [-0.15, -0.1) is 0 Å². The summed E-state index contributed by atoms with van der Waals surface area (Å²) in [6, 6.07) is 4.90. The smallest absolute Gasteiger partial charge is 0.308 e. The Kier molecular flexibility index (Phi) is 4.15. The average Bonchev–Trinajstić information content (AvgIpc) is 2.96. The van der Waals surface area contributed by atoms with E-state index in [2.05, 4.69) is 0 Å². The van der Waals surface area contributed by atoms with Crippen LogP contribution in [0.3, 0.4) is 0 Å². The molecule has 2 aliphatic rings. The van der Waals surface area contributed by atoms with Crippen LogP contribution >= 0.6 is 0 Å². The molecule has 130 valence electrons. The summed E-state index contributed by atoms with van der Waals surface area (Å²) in [6.45, 7) is 6.72. The third-order valence-corrected chi connectivity index (χ3v) is 4.41. The molecule has 0 bridgehead atoms. The summed E-state index contributed by atoms with van der Waals surface area (Å²) in [6.07, 6.45) is 0.597.